The van der Waals surface area contributed by atoms with Gasteiger partial charge in [-0.15, -0.1) is 0 Å². The summed E-state index contributed by atoms with van der Waals surface area (Å²) in [6, 6.07) is 10.5. The molecule has 0 bridgehead atoms. The molecule has 0 heterocycles. The van der Waals surface area contributed by atoms with Crippen LogP contribution < -0.4 is 11.1 Å². The molecule has 2 aromatic carbocycles. The third-order valence-electron chi connectivity index (χ3n) is 2.94. The van der Waals surface area contributed by atoms with Crippen molar-refractivity contribution >= 4 is 56.3 Å². The number of carbonyl (C=O) groups is 1. The summed E-state index contributed by atoms with van der Waals surface area (Å²) < 4.78 is 0.835. The lowest BCUT2D eigenvalue weighted by molar-refractivity contribution is 0.102. The van der Waals surface area contributed by atoms with Crippen LogP contribution in [0.4, 0.5) is 5.69 Å². The zero-order valence-corrected chi connectivity index (χ0v) is 14.3. The van der Waals surface area contributed by atoms with Crippen LogP contribution in [0.25, 0.3) is 0 Å². The second-order valence-corrected chi connectivity index (χ2v) is 6.26. The molecule has 2 aromatic rings. The Bertz CT molecular complexity index is 734. The smallest absolute Gasteiger partial charge is 0.255 e. The summed E-state index contributed by atoms with van der Waals surface area (Å²) in [6.07, 6.45) is 0. The van der Waals surface area contributed by atoms with Gasteiger partial charge in [0.2, 0.25) is 0 Å². The summed E-state index contributed by atoms with van der Waals surface area (Å²) in [5, 5.41) is 3.33. The minimum absolute atomic E-state index is 0.217. The minimum atomic E-state index is -0.255. The molecule has 0 aliphatic carbocycles. The van der Waals surface area contributed by atoms with Gasteiger partial charge in [-0.25, -0.2) is 0 Å². The fraction of sp³-hybridized carbons (Fsp3) is 0.0667. The molecule has 0 aromatic heterocycles. The second kappa shape index (κ2) is 6.56. The lowest BCUT2D eigenvalue weighted by Gasteiger charge is -2.12. The standard InChI is InChI=1S/C15H12BrClN2OS/c1-8-2-4-10(17)7-11(8)15(20)19-13-5-3-9(16)6-12(13)14(18)21/h2-7H,1H3,(H2,18,21)(H,19,20). The van der Waals surface area contributed by atoms with Crippen LogP contribution in [-0.4, -0.2) is 10.9 Å². The van der Waals surface area contributed by atoms with Gasteiger partial charge in [0.05, 0.1) is 5.69 Å². The third-order valence-corrected chi connectivity index (χ3v) is 3.89. The zero-order chi connectivity index (χ0) is 15.6. The van der Waals surface area contributed by atoms with Gasteiger partial charge in [0.25, 0.3) is 5.91 Å². The Morgan fingerprint density at radius 2 is 1.95 bits per heavy atom. The Kier molecular flexibility index (Phi) is 4.98. The maximum Gasteiger partial charge on any atom is 0.255 e. The molecule has 0 fully saturated rings. The van der Waals surface area contributed by atoms with E-state index in [2.05, 4.69) is 21.2 Å². The molecule has 0 saturated heterocycles. The third kappa shape index (κ3) is 3.81. The predicted molar refractivity (Wildman–Crippen MR) is 94.2 cm³/mol. The van der Waals surface area contributed by atoms with E-state index in [-0.39, 0.29) is 10.9 Å². The highest BCUT2D eigenvalue weighted by molar-refractivity contribution is 9.10. The number of nitrogens with one attached hydrogen (secondary N) is 1. The highest BCUT2D eigenvalue weighted by Crippen LogP contribution is 2.23. The molecular weight excluding hydrogens is 372 g/mol. The van der Waals surface area contributed by atoms with E-state index in [0.717, 1.165) is 10.0 Å². The average Bonchev–Trinajstić information content (AvgIpc) is 2.43. The monoisotopic (exact) mass is 382 g/mol. The molecule has 0 aliphatic rings. The summed E-state index contributed by atoms with van der Waals surface area (Å²) in [5.41, 5.74) is 8.21. The molecule has 3 nitrogen and oxygen atoms in total. The van der Waals surface area contributed by atoms with E-state index in [1.807, 2.05) is 13.0 Å². The van der Waals surface area contributed by atoms with Gasteiger partial charge >= 0.3 is 0 Å². The molecule has 0 spiro atoms. The first kappa shape index (κ1) is 15.9. The first-order valence-corrected chi connectivity index (χ1v) is 7.63. The highest BCUT2D eigenvalue weighted by Gasteiger charge is 2.13. The summed E-state index contributed by atoms with van der Waals surface area (Å²) >= 11 is 14.3. The SMILES string of the molecule is Cc1ccc(Cl)cc1C(=O)Nc1ccc(Br)cc1C(N)=S. The van der Waals surface area contributed by atoms with Crippen molar-refractivity contribution < 1.29 is 4.79 Å². The van der Waals surface area contributed by atoms with Gasteiger partial charge in [0.15, 0.2) is 0 Å². The minimum Gasteiger partial charge on any atom is -0.389 e. The van der Waals surface area contributed by atoms with Crippen molar-refractivity contribution in [2.24, 2.45) is 5.73 Å². The summed E-state index contributed by atoms with van der Waals surface area (Å²) in [4.78, 5) is 12.6. The van der Waals surface area contributed by atoms with Crippen LogP contribution in [0, 0.1) is 6.92 Å². The topological polar surface area (TPSA) is 55.1 Å². The van der Waals surface area contributed by atoms with Crippen LogP contribution in [0.1, 0.15) is 21.5 Å². The van der Waals surface area contributed by atoms with E-state index in [1.54, 1.807) is 30.3 Å². The van der Waals surface area contributed by atoms with Crippen molar-refractivity contribution in [1.29, 1.82) is 0 Å². The van der Waals surface area contributed by atoms with Gasteiger partial charge in [0.1, 0.15) is 4.99 Å². The fourth-order valence-corrected chi connectivity index (χ4v) is 2.56. The van der Waals surface area contributed by atoms with Crippen LogP contribution in [0.2, 0.25) is 5.02 Å². The maximum absolute atomic E-state index is 12.4. The number of rotatable bonds is 3. The Balaban J connectivity index is 2.36. The van der Waals surface area contributed by atoms with Gasteiger partial charge in [0, 0.05) is 20.6 Å². The average molecular weight is 384 g/mol. The van der Waals surface area contributed by atoms with E-state index >= 15 is 0 Å². The van der Waals surface area contributed by atoms with E-state index in [0.29, 0.717) is 21.8 Å². The zero-order valence-electron chi connectivity index (χ0n) is 11.1. The number of hydrogen-bond acceptors (Lipinski definition) is 2. The summed E-state index contributed by atoms with van der Waals surface area (Å²) in [7, 11) is 0. The molecule has 108 valence electrons. The second-order valence-electron chi connectivity index (χ2n) is 4.47. The van der Waals surface area contributed by atoms with Crippen LogP contribution in [0.3, 0.4) is 0 Å². The number of nitrogens with two attached hydrogens (primary N) is 1. The van der Waals surface area contributed by atoms with E-state index in [4.69, 9.17) is 29.6 Å². The number of amides is 1. The first-order valence-electron chi connectivity index (χ1n) is 6.05. The highest BCUT2D eigenvalue weighted by atomic mass is 79.9. The quantitative estimate of drug-likeness (QED) is 0.777. The Morgan fingerprint density at radius 3 is 2.62 bits per heavy atom. The van der Waals surface area contributed by atoms with Crippen LogP contribution in [0.15, 0.2) is 40.9 Å². The number of thiocarbonyl (C=S) groups is 1. The van der Waals surface area contributed by atoms with Crippen LogP contribution >= 0.6 is 39.7 Å². The van der Waals surface area contributed by atoms with Gasteiger partial charge in [-0.1, -0.05) is 45.8 Å². The Hall–Kier alpha value is -1.43. The summed E-state index contributed by atoms with van der Waals surface area (Å²) in [6.45, 7) is 1.85. The molecule has 0 unspecified atom stereocenters. The van der Waals surface area contributed by atoms with E-state index in [9.17, 15) is 4.79 Å². The van der Waals surface area contributed by atoms with Gasteiger partial charge in [-0.2, -0.15) is 0 Å². The Labute approximate surface area is 141 Å². The molecule has 2 rings (SSSR count). The molecule has 0 atom stereocenters. The predicted octanol–water partition coefficient (Wildman–Crippen LogP) is 4.30. The Morgan fingerprint density at radius 1 is 1.24 bits per heavy atom. The van der Waals surface area contributed by atoms with Gasteiger partial charge in [-0.3, -0.25) is 4.79 Å². The molecule has 6 heteroatoms. The molecule has 21 heavy (non-hydrogen) atoms. The first-order chi connectivity index (χ1) is 9.88. The molecule has 0 radical (unpaired) electrons. The fourth-order valence-electron chi connectivity index (χ4n) is 1.86. The van der Waals surface area contributed by atoms with E-state index < -0.39 is 0 Å². The van der Waals surface area contributed by atoms with Crippen molar-refractivity contribution in [3.05, 3.63) is 62.6 Å². The normalized spacial score (nSPS) is 10.2. The maximum atomic E-state index is 12.4. The molecule has 3 N–H and O–H groups in total. The van der Waals surface area contributed by atoms with Crippen molar-refractivity contribution in [1.82, 2.24) is 0 Å². The molecule has 0 saturated carbocycles. The van der Waals surface area contributed by atoms with Gasteiger partial charge < -0.3 is 11.1 Å². The molecular formula is C15H12BrClN2OS. The molecule has 1 amide bonds. The lowest BCUT2D eigenvalue weighted by atomic mass is 10.1. The van der Waals surface area contributed by atoms with Gasteiger partial charge in [-0.05, 0) is 42.8 Å². The van der Waals surface area contributed by atoms with Crippen LogP contribution in [0.5, 0.6) is 0 Å². The number of anilines is 1. The largest absolute Gasteiger partial charge is 0.389 e. The number of aryl methyl sites for hydroxylation is 1. The number of hydrogen-bond donors (Lipinski definition) is 2. The number of benzene rings is 2. The van der Waals surface area contributed by atoms with Crippen molar-refractivity contribution in [3.63, 3.8) is 0 Å². The van der Waals surface area contributed by atoms with Crippen LogP contribution in [-0.2, 0) is 0 Å². The van der Waals surface area contributed by atoms with Crippen molar-refractivity contribution in [2.75, 3.05) is 5.32 Å². The van der Waals surface area contributed by atoms with E-state index in [1.165, 1.54) is 0 Å². The van der Waals surface area contributed by atoms with Crippen molar-refractivity contribution in [3.8, 4) is 0 Å². The van der Waals surface area contributed by atoms with Crippen molar-refractivity contribution in [2.45, 2.75) is 6.92 Å². The number of halogens is 2. The number of carbonyl (C=O) groups excluding carboxylic acids is 1. The lowest BCUT2D eigenvalue weighted by Crippen LogP contribution is -2.18. The molecule has 0 aliphatic heterocycles. The summed E-state index contributed by atoms with van der Waals surface area (Å²) in [5.74, 6) is -0.255.